The lowest BCUT2D eigenvalue weighted by atomic mass is 9.79. The Kier molecular flexibility index (Phi) is 11.0. The Labute approximate surface area is 340 Å². The molecule has 4 aromatic carbocycles. The van der Waals surface area contributed by atoms with Gasteiger partial charge in [-0.15, -0.1) is 0 Å². The van der Waals surface area contributed by atoms with Crippen molar-refractivity contribution in [2.75, 3.05) is 53.5 Å². The van der Waals surface area contributed by atoms with Crippen LogP contribution < -0.4 is 43.4 Å². The van der Waals surface area contributed by atoms with Gasteiger partial charge in [0.2, 0.25) is 0 Å². The van der Waals surface area contributed by atoms with Gasteiger partial charge in [0.25, 0.3) is 0 Å². The first kappa shape index (κ1) is 38.3. The molecule has 0 bridgehead atoms. The first-order valence-corrected chi connectivity index (χ1v) is 19.9. The molecule has 2 aliphatic heterocycles. The monoisotopic (exact) mass is 788 g/mol. The molecule has 56 heavy (non-hydrogen) atoms. The highest BCUT2D eigenvalue weighted by molar-refractivity contribution is 6.21. The summed E-state index contributed by atoms with van der Waals surface area (Å²) in [4.78, 5) is 12.6. The predicted molar refractivity (Wildman–Crippen MR) is 218 cm³/mol. The average Bonchev–Trinajstić information content (AvgIpc) is 3.80. The zero-order valence-corrected chi connectivity index (χ0v) is 33.8. The van der Waals surface area contributed by atoms with Crippen LogP contribution in [0.15, 0.2) is 97.6 Å². The summed E-state index contributed by atoms with van der Waals surface area (Å²) >= 11 is 0. The number of likely N-dealkylation sites (tertiary alicyclic amines) is 2. The molecule has 290 valence electrons. The molecule has 8 nitrogen and oxygen atoms in total. The molecule has 0 saturated carbocycles. The highest BCUT2D eigenvalue weighted by Gasteiger charge is 2.30. The number of H-pyrrole nitrogens is 2. The molecule has 0 radical (unpaired) electrons. The van der Waals surface area contributed by atoms with Crippen LogP contribution >= 0.6 is 0 Å². The zero-order chi connectivity index (χ0) is 36.2. The summed E-state index contributed by atoms with van der Waals surface area (Å²) in [7, 11) is 3.47. The normalized spacial score (nSPS) is 16.2. The molecule has 0 atom stereocenters. The Morgan fingerprint density at radius 1 is 0.536 bits per heavy atom. The van der Waals surface area contributed by atoms with Crippen molar-refractivity contribution in [3.63, 3.8) is 0 Å². The third kappa shape index (κ3) is 7.13. The van der Waals surface area contributed by atoms with Crippen molar-refractivity contribution < 1.29 is 43.4 Å². The predicted octanol–water partition coefficient (Wildman–Crippen LogP) is 1.99. The number of nitrogens with zero attached hydrogens (tertiary/aromatic N) is 4. The Balaban J connectivity index is 0.00000220. The van der Waals surface area contributed by atoms with Gasteiger partial charge in [0.15, 0.2) is 37.9 Å². The highest BCUT2D eigenvalue weighted by atomic mass is 35.5. The number of hydrogen-bond acceptors (Lipinski definition) is 4. The van der Waals surface area contributed by atoms with Gasteiger partial charge < -0.3 is 44.3 Å². The number of methoxy groups -OCH3 is 2. The maximum atomic E-state index is 5.53. The van der Waals surface area contributed by atoms with E-state index >= 15 is 0 Å². The number of benzene rings is 4. The summed E-state index contributed by atoms with van der Waals surface area (Å²) in [5, 5.41) is 10.1. The van der Waals surface area contributed by atoms with Gasteiger partial charge in [-0.25, -0.2) is 9.13 Å². The molecular formula is C46H50Cl2N6O2. The topological polar surface area (TPSA) is 64.3 Å². The first-order valence-electron chi connectivity index (χ1n) is 19.9. The minimum atomic E-state index is 0. The largest absolute Gasteiger partial charge is 1.00 e. The number of aromatic nitrogens is 4. The number of ether oxygens (including phenoxy) is 2. The average molecular weight is 790 g/mol. The van der Waals surface area contributed by atoms with Crippen LogP contribution in [-0.2, 0) is 13.1 Å². The van der Waals surface area contributed by atoms with Gasteiger partial charge in [-0.05, 0) is 124 Å². The highest BCUT2D eigenvalue weighted by Crippen LogP contribution is 2.36. The molecule has 2 N–H and O–H groups in total. The summed E-state index contributed by atoms with van der Waals surface area (Å²) in [5.41, 5.74) is 4.64. The molecule has 0 aliphatic carbocycles. The summed E-state index contributed by atoms with van der Waals surface area (Å²) in [6.07, 6.45) is 14.6. The number of fused-ring (bicyclic) bond motifs is 10. The van der Waals surface area contributed by atoms with E-state index in [1.807, 2.05) is 12.1 Å². The zero-order valence-electron chi connectivity index (χ0n) is 32.2. The van der Waals surface area contributed by atoms with E-state index in [0.29, 0.717) is 0 Å². The van der Waals surface area contributed by atoms with Crippen LogP contribution in [0.25, 0.3) is 65.2 Å². The standard InChI is InChI=1S/C46H48N6O2.2ClH/c1-53-35-5-9-41-39(27-35)45-37-15-21-51(29-33(37)3-7-43(45)47-41)25-23-49-17-11-31(12-18-49)32-13-19-50(20-14-32)24-26-52-22-16-38-34(30-52)4-8-44-46(38)40-28-36(54-2)6-10-42(40)48-44;;/h3-10,15-16,21-22,27-32H,11-14,17-20,23-26H2,1-2H3;2*1H. The number of piperidine rings is 2. The van der Waals surface area contributed by atoms with Crippen molar-refractivity contribution in [1.82, 2.24) is 19.8 Å². The minimum absolute atomic E-state index is 0. The second kappa shape index (κ2) is 16.1. The Morgan fingerprint density at radius 2 is 0.946 bits per heavy atom. The number of rotatable bonds is 9. The van der Waals surface area contributed by atoms with Crippen LogP contribution in [-0.4, -0.2) is 73.3 Å². The van der Waals surface area contributed by atoms with E-state index < -0.39 is 0 Å². The number of nitrogens with one attached hydrogen (secondary N) is 2. The quantitative estimate of drug-likeness (QED) is 0.220. The van der Waals surface area contributed by atoms with Gasteiger partial charge in [0.05, 0.1) is 27.3 Å². The minimum Gasteiger partial charge on any atom is -1.00 e. The maximum Gasteiger partial charge on any atom is 0.176 e. The Hall–Kier alpha value is -4.60. The van der Waals surface area contributed by atoms with Gasteiger partial charge in [-0.1, -0.05) is 0 Å². The van der Waals surface area contributed by atoms with E-state index in [-0.39, 0.29) is 24.8 Å². The lowest BCUT2D eigenvalue weighted by molar-refractivity contribution is -0.695. The summed E-state index contributed by atoms with van der Waals surface area (Å²) in [6, 6.07) is 26.1. The summed E-state index contributed by atoms with van der Waals surface area (Å²) < 4.78 is 15.8. The van der Waals surface area contributed by atoms with Crippen molar-refractivity contribution in [2.45, 2.75) is 38.8 Å². The smallest absolute Gasteiger partial charge is 0.176 e. The SMILES string of the molecule is COc1ccc2[nH]c3ccc4c[n+](CCN5CCC(C6CCN(CC[n+]7ccc8c(ccc9[nH]c%10ccc(OC)cc%10c98)c7)CC6)CC5)ccc4c3c2c1.[Cl-].[Cl-]. The molecular weight excluding hydrogens is 739 g/mol. The first-order chi connectivity index (χ1) is 26.6. The summed E-state index contributed by atoms with van der Waals surface area (Å²) in [5.74, 6) is 3.54. The molecule has 10 rings (SSSR count). The van der Waals surface area contributed by atoms with Crippen molar-refractivity contribution in [3.05, 3.63) is 97.6 Å². The fraction of sp³-hybridized carbons (Fsp3) is 0.348. The van der Waals surface area contributed by atoms with Crippen molar-refractivity contribution in [1.29, 1.82) is 0 Å². The van der Waals surface area contributed by atoms with E-state index in [4.69, 9.17) is 9.47 Å². The fourth-order valence-corrected chi connectivity index (χ4v) is 9.74. The molecule has 8 aromatic rings. The molecule has 10 heteroatoms. The maximum absolute atomic E-state index is 5.53. The van der Waals surface area contributed by atoms with Crippen LogP contribution in [0.2, 0.25) is 0 Å². The van der Waals surface area contributed by atoms with Gasteiger partial charge in [-0.2, -0.15) is 0 Å². The van der Waals surface area contributed by atoms with Crippen molar-refractivity contribution in [3.8, 4) is 11.5 Å². The van der Waals surface area contributed by atoms with E-state index in [0.717, 1.165) is 60.5 Å². The Morgan fingerprint density at radius 3 is 1.36 bits per heavy atom. The summed E-state index contributed by atoms with van der Waals surface area (Å²) in [6.45, 7) is 9.19. The second-order valence-electron chi connectivity index (χ2n) is 15.8. The van der Waals surface area contributed by atoms with E-state index in [2.05, 4.69) is 114 Å². The van der Waals surface area contributed by atoms with Crippen LogP contribution in [0.3, 0.4) is 0 Å². The van der Waals surface area contributed by atoms with Crippen LogP contribution in [0.4, 0.5) is 0 Å². The molecule has 2 saturated heterocycles. The number of halogens is 2. The van der Waals surface area contributed by atoms with Crippen LogP contribution in [0, 0.1) is 11.8 Å². The van der Waals surface area contributed by atoms with Crippen molar-refractivity contribution >= 4 is 65.2 Å². The number of hydrogen-bond donors (Lipinski definition) is 2. The van der Waals surface area contributed by atoms with Crippen molar-refractivity contribution in [2.24, 2.45) is 11.8 Å². The molecule has 0 spiro atoms. The van der Waals surface area contributed by atoms with Gasteiger partial charge >= 0.3 is 0 Å². The molecule has 4 aromatic heterocycles. The molecule has 6 heterocycles. The lowest BCUT2D eigenvalue weighted by Gasteiger charge is -2.39. The van der Waals surface area contributed by atoms with E-state index in [9.17, 15) is 0 Å². The molecule has 0 unspecified atom stereocenters. The number of aromatic amines is 2. The Bertz CT molecular complexity index is 2470. The van der Waals surface area contributed by atoms with E-state index in [1.54, 1.807) is 14.2 Å². The molecule has 0 amide bonds. The van der Waals surface area contributed by atoms with Gasteiger partial charge in [0.1, 0.15) is 11.5 Å². The molecule has 2 aliphatic rings. The van der Waals surface area contributed by atoms with E-state index in [1.165, 1.54) is 106 Å². The van der Waals surface area contributed by atoms with Crippen LogP contribution in [0.1, 0.15) is 25.7 Å². The van der Waals surface area contributed by atoms with Gasteiger partial charge in [0, 0.05) is 77.3 Å². The molecule has 2 fully saturated rings. The fourth-order valence-electron chi connectivity index (χ4n) is 9.74. The third-order valence-corrected chi connectivity index (χ3v) is 12.8. The second-order valence-corrected chi connectivity index (χ2v) is 15.8. The van der Waals surface area contributed by atoms with Gasteiger partial charge in [-0.3, -0.25) is 9.80 Å². The third-order valence-electron chi connectivity index (χ3n) is 12.8. The van der Waals surface area contributed by atoms with Crippen LogP contribution in [0.5, 0.6) is 11.5 Å². The number of pyridine rings is 2. The lowest BCUT2D eigenvalue weighted by Crippen LogP contribution is -3.00.